The second-order valence-corrected chi connectivity index (χ2v) is 5.73. The van der Waals surface area contributed by atoms with Crippen LogP contribution >= 0.6 is 0 Å². The largest absolute Gasteiger partial charge is 0.383 e. The zero-order valence-corrected chi connectivity index (χ0v) is 12.0. The van der Waals surface area contributed by atoms with Gasteiger partial charge in [-0.3, -0.25) is 4.68 Å². The summed E-state index contributed by atoms with van der Waals surface area (Å²) in [5.41, 5.74) is 9.39. The molecule has 5 heteroatoms. The van der Waals surface area contributed by atoms with Crippen LogP contribution in [0.3, 0.4) is 0 Å². The van der Waals surface area contributed by atoms with Crippen LogP contribution < -0.4 is 5.73 Å². The Labute approximate surface area is 113 Å². The van der Waals surface area contributed by atoms with Gasteiger partial charge in [0.2, 0.25) is 0 Å². The number of hydrogen-bond acceptors (Lipinski definition) is 3. The molecule has 0 amide bonds. The second kappa shape index (κ2) is 4.11. The molecule has 0 aromatic carbocycles. The summed E-state index contributed by atoms with van der Waals surface area (Å²) < 4.78 is 4.09. The predicted molar refractivity (Wildman–Crippen MR) is 75.9 cm³/mol. The summed E-state index contributed by atoms with van der Waals surface area (Å²) >= 11 is 0. The standard InChI is InChI=1S/C14H21N5/c1-8(2)14-17-12(11-7-16-18(4)9(11)3)13(15)19(14)10-5-6-10/h7-8,10H,5-6,15H2,1-4H3. The van der Waals surface area contributed by atoms with Gasteiger partial charge in [0.05, 0.1) is 6.20 Å². The van der Waals surface area contributed by atoms with Crippen LogP contribution in [0.15, 0.2) is 6.20 Å². The van der Waals surface area contributed by atoms with Gasteiger partial charge in [-0.25, -0.2) is 4.98 Å². The molecule has 2 heterocycles. The van der Waals surface area contributed by atoms with Gasteiger partial charge in [0, 0.05) is 30.3 Å². The molecule has 2 N–H and O–H groups in total. The molecule has 1 aliphatic rings. The summed E-state index contributed by atoms with van der Waals surface area (Å²) in [6.07, 6.45) is 4.28. The third-order valence-electron chi connectivity index (χ3n) is 3.89. The zero-order chi connectivity index (χ0) is 13.7. The Balaban J connectivity index is 2.17. The van der Waals surface area contributed by atoms with Crippen molar-refractivity contribution >= 4 is 5.82 Å². The highest BCUT2D eigenvalue weighted by Gasteiger charge is 2.31. The summed E-state index contributed by atoms with van der Waals surface area (Å²) in [5, 5.41) is 4.29. The lowest BCUT2D eigenvalue weighted by Gasteiger charge is -2.10. The number of hydrogen-bond donors (Lipinski definition) is 1. The Morgan fingerprint density at radius 3 is 2.53 bits per heavy atom. The molecule has 0 aliphatic heterocycles. The first-order chi connectivity index (χ1) is 9.00. The van der Waals surface area contributed by atoms with Gasteiger partial charge in [-0.1, -0.05) is 13.8 Å². The molecular formula is C14H21N5. The van der Waals surface area contributed by atoms with Crippen molar-refractivity contribution in [3.05, 3.63) is 17.7 Å². The van der Waals surface area contributed by atoms with Crippen molar-refractivity contribution in [2.75, 3.05) is 5.73 Å². The third kappa shape index (κ3) is 1.84. The van der Waals surface area contributed by atoms with Gasteiger partial charge in [0.15, 0.2) is 0 Å². The van der Waals surface area contributed by atoms with E-state index in [4.69, 9.17) is 10.7 Å². The van der Waals surface area contributed by atoms with E-state index >= 15 is 0 Å². The van der Waals surface area contributed by atoms with Crippen molar-refractivity contribution in [3.8, 4) is 11.3 Å². The van der Waals surface area contributed by atoms with Gasteiger partial charge in [-0.15, -0.1) is 0 Å². The highest BCUT2D eigenvalue weighted by Crippen LogP contribution is 2.42. The van der Waals surface area contributed by atoms with Crippen molar-refractivity contribution in [1.82, 2.24) is 19.3 Å². The molecule has 1 aliphatic carbocycles. The number of rotatable bonds is 3. The topological polar surface area (TPSA) is 61.7 Å². The molecule has 0 bridgehead atoms. The molecule has 0 saturated heterocycles. The lowest BCUT2D eigenvalue weighted by atomic mass is 10.2. The van der Waals surface area contributed by atoms with Crippen LogP contribution in [0.25, 0.3) is 11.3 Å². The van der Waals surface area contributed by atoms with Gasteiger partial charge in [0.25, 0.3) is 0 Å². The Bertz CT molecular complexity index is 616. The van der Waals surface area contributed by atoms with Crippen LogP contribution in [0.2, 0.25) is 0 Å². The normalized spacial score (nSPS) is 15.4. The summed E-state index contributed by atoms with van der Waals surface area (Å²) in [6, 6.07) is 0.552. The number of anilines is 1. The van der Waals surface area contributed by atoms with Crippen LogP contribution in [-0.4, -0.2) is 19.3 Å². The van der Waals surface area contributed by atoms with E-state index < -0.39 is 0 Å². The van der Waals surface area contributed by atoms with Crippen LogP contribution in [-0.2, 0) is 7.05 Å². The quantitative estimate of drug-likeness (QED) is 0.921. The lowest BCUT2D eigenvalue weighted by Crippen LogP contribution is -2.06. The maximum absolute atomic E-state index is 6.36. The van der Waals surface area contributed by atoms with E-state index in [-0.39, 0.29) is 0 Å². The number of imidazole rings is 1. The molecule has 0 spiro atoms. The first-order valence-electron chi connectivity index (χ1n) is 6.87. The van der Waals surface area contributed by atoms with E-state index in [9.17, 15) is 0 Å². The highest BCUT2D eigenvalue weighted by atomic mass is 15.3. The SMILES string of the molecule is Cc1c(-c2nc(C(C)C)n(C3CC3)c2N)cnn1C. The van der Waals surface area contributed by atoms with E-state index in [1.807, 2.05) is 24.9 Å². The number of nitrogens with two attached hydrogens (primary N) is 1. The van der Waals surface area contributed by atoms with Crippen LogP contribution in [0.4, 0.5) is 5.82 Å². The summed E-state index contributed by atoms with van der Waals surface area (Å²) in [4.78, 5) is 4.80. The average Bonchev–Trinajstić information content (AvgIpc) is 3.07. The Kier molecular flexibility index (Phi) is 2.66. The van der Waals surface area contributed by atoms with Crippen molar-refractivity contribution in [3.63, 3.8) is 0 Å². The van der Waals surface area contributed by atoms with Crippen molar-refractivity contribution < 1.29 is 0 Å². The molecule has 102 valence electrons. The number of nitrogen functional groups attached to an aromatic ring is 1. The molecule has 19 heavy (non-hydrogen) atoms. The molecule has 0 atom stereocenters. The predicted octanol–water partition coefficient (Wildman–Crippen LogP) is 2.63. The fraction of sp³-hybridized carbons (Fsp3) is 0.571. The smallest absolute Gasteiger partial charge is 0.132 e. The molecule has 0 radical (unpaired) electrons. The number of aromatic nitrogens is 4. The van der Waals surface area contributed by atoms with Gasteiger partial charge in [0.1, 0.15) is 17.3 Å². The second-order valence-electron chi connectivity index (χ2n) is 5.73. The molecule has 5 nitrogen and oxygen atoms in total. The molecular weight excluding hydrogens is 238 g/mol. The highest BCUT2D eigenvalue weighted by molar-refractivity contribution is 5.72. The molecule has 2 aromatic heterocycles. The summed E-state index contributed by atoms with van der Waals surface area (Å²) in [6.45, 7) is 6.38. The van der Waals surface area contributed by atoms with Crippen molar-refractivity contribution in [2.45, 2.75) is 45.6 Å². The maximum atomic E-state index is 6.36. The van der Waals surface area contributed by atoms with Gasteiger partial charge >= 0.3 is 0 Å². The van der Waals surface area contributed by atoms with Gasteiger partial charge < -0.3 is 10.3 Å². The summed E-state index contributed by atoms with van der Waals surface area (Å²) in [5.74, 6) is 2.27. The van der Waals surface area contributed by atoms with Crippen LogP contribution in [0.5, 0.6) is 0 Å². The van der Waals surface area contributed by atoms with E-state index in [2.05, 4.69) is 23.5 Å². The van der Waals surface area contributed by atoms with Gasteiger partial charge in [-0.05, 0) is 19.8 Å². The zero-order valence-electron chi connectivity index (χ0n) is 12.0. The molecule has 0 unspecified atom stereocenters. The molecule has 2 aromatic rings. The molecule has 1 saturated carbocycles. The van der Waals surface area contributed by atoms with E-state index in [0.29, 0.717) is 12.0 Å². The monoisotopic (exact) mass is 259 g/mol. The van der Waals surface area contributed by atoms with E-state index in [1.54, 1.807) is 0 Å². The van der Waals surface area contributed by atoms with Gasteiger partial charge in [-0.2, -0.15) is 5.10 Å². The average molecular weight is 259 g/mol. The molecule has 1 fully saturated rings. The maximum Gasteiger partial charge on any atom is 0.132 e. The van der Waals surface area contributed by atoms with E-state index in [1.165, 1.54) is 12.8 Å². The first kappa shape index (κ1) is 12.3. The fourth-order valence-corrected chi connectivity index (χ4v) is 2.52. The minimum Gasteiger partial charge on any atom is -0.383 e. The Morgan fingerprint density at radius 2 is 2.05 bits per heavy atom. The van der Waals surface area contributed by atoms with E-state index in [0.717, 1.165) is 28.6 Å². The minimum atomic E-state index is 0.383. The molecule has 3 rings (SSSR count). The van der Waals surface area contributed by atoms with Crippen molar-refractivity contribution in [2.24, 2.45) is 7.05 Å². The van der Waals surface area contributed by atoms with Crippen LogP contribution in [0.1, 0.15) is 50.2 Å². The Morgan fingerprint density at radius 1 is 1.37 bits per heavy atom. The first-order valence-corrected chi connectivity index (χ1v) is 6.87. The number of nitrogens with zero attached hydrogens (tertiary/aromatic N) is 4. The number of aryl methyl sites for hydroxylation is 1. The Hall–Kier alpha value is -1.78. The van der Waals surface area contributed by atoms with Crippen molar-refractivity contribution in [1.29, 1.82) is 0 Å². The fourth-order valence-electron chi connectivity index (χ4n) is 2.52. The lowest BCUT2D eigenvalue weighted by molar-refractivity contribution is 0.646. The third-order valence-corrected chi connectivity index (χ3v) is 3.89. The minimum absolute atomic E-state index is 0.383. The van der Waals surface area contributed by atoms with Crippen LogP contribution in [0, 0.1) is 6.92 Å². The summed E-state index contributed by atoms with van der Waals surface area (Å²) in [7, 11) is 1.94.